The molecule has 0 heterocycles. The van der Waals surface area contributed by atoms with Crippen molar-refractivity contribution in [2.75, 3.05) is 19.5 Å². The van der Waals surface area contributed by atoms with E-state index in [1.54, 1.807) is 30.3 Å². The van der Waals surface area contributed by atoms with Crippen molar-refractivity contribution in [3.8, 4) is 11.5 Å². The van der Waals surface area contributed by atoms with Crippen LogP contribution in [0.4, 0.5) is 5.69 Å². The molecule has 0 saturated carbocycles. The Morgan fingerprint density at radius 2 is 1.36 bits per heavy atom. The van der Waals surface area contributed by atoms with E-state index in [0.29, 0.717) is 17.2 Å². The standard InChI is InChI=1S/C18H17NO6/c1-11(20)19-12-4-6-13(7-5-12)25-14-8-9-15(17(21)23-2)16(10-14)18(22)24-3/h4-10H,1-3H3,(H,19,20). The second kappa shape index (κ2) is 7.96. The normalized spacial score (nSPS) is 9.88. The molecule has 0 radical (unpaired) electrons. The number of ether oxygens (including phenoxy) is 3. The molecule has 1 N–H and O–H groups in total. The number of nitrogens with one attached hydrogen (secondary N) is 1. The summed E-state index contributed by atoms with van der Waals surface area (Å²) in [6.07, 6.45) is 0. The van der Waals surface area contributed by atoms with Crippen molar-refractivity contribution in [3.63, 3.8) is 0 Å². The Labute approximate surface area is 144 Å². The molecule has 0 aromatic heterocycles. The first-order valence-corrected chi connectivity index (χ1v) is 7.30. The van der Waals surface area contributed by atoms with Crippen molar-refractivity contribution < 1.29 is 28.6 Å². The first-order chi connectivity index (χ1) is 11.9. The lowest BCUT2D eigenvalue weighted by atomic mass is 10.1. The highest BCUT2D eigenvalue weighted by Gasteiger charge is 2.19. The Balaban J connectivity index is 2.26. The van der Waals surface area contributed by atoms with Crippen LogP contribution in [0.15, 0.2) is 42.5 Å². The molecule has 0 aliphatic heterocycles. The number of esters is 2. The zero-order chi connectivity index (χ0) is 18.4. The number of methoxy groups -OCH3 is 2. The number of amides is 1. The van der Waals surface area contributed by atoms with Gasteiger partial charge in [0.15, 0.2) is 0 Å². The molecule has 0 unspecified atom stereocenters. The highest BCUT2D eigenvalue weighted by atomic mass is 16.5. The SMILES string of the molecule is COC(=O)c1ccc(Oc2ccc(NC(C)=O)cc2)cc1C(=O)OC. The average Bonchev–Trinajstić information content (AvgIpc) is 2.61. The number of hydrogen-bond acceptors (Lipinski definition) is 6. The summed E-state index contributed by atoms with van der Waals surface area (Å²) in [5, 5.41) is 2.65. The van der Waals surface area contributed by atoms with Crippen LogP contribution in [-0.2, 0) is 14.3 Å². The van der Waals surface area contributed by atoms with E-state index in [-0.39, 0.29) is 17.0 Å². The van der Waals surface area contributed by atoms with E-state index < -0.39 is 11.9 Å². The lowest BCUT2D eigenvalue weighted by Crippen LogP contribution is -2.11. The average molecular weight is 343 g/mol. The minimum absolute atomic E-state index is 0.0433. The summed E-state index contributed by atoms with van der Waals surface area (Å²) >= 11 is 0. The molecular formula is C18H17NO6. The molecule has 2 aromatic carbocycles. The summed E-state index contributed by atoms with van der Waals surface area (Å²) in [6, 6.07) is 11.1. The molecule has 0 atom stereocenters. The van der Waals surface area contributed by atoms with Gasteiger partial charge in [-0.15, -0.1) is 0 Å². The predicted molar refractivity (Wildman–Crippen MR) is 89.9 cm³/mol. The number of rotatable bonds is 5. The summed E-state index contributed by atoms with van der Waals surface area (Å²) < 4.78 is 15.0. The van der Waals surface area contributed by atoms with E-state index in [4.69, 9.17) is 4.74 Å². The van der Waals surface area contributed by atoms with Crippen molar-refractivity contribution in [2.45, 2.75) is 6.92 Å². The second-order valence-electron chi connectivity index (χ2n) is 5.00. The van der Waals surface area contributed by atoms with E-state index in [1.807, 2.05) is 0 Å². The van der Waals surface area contributed by atoms with Crippen molar-refractivity contribution in [2.24, 2.45) is 0 Å². The molecule has 0 spiro atoms. The highest BCUT2D eigenvalue weighted by molar-refractivity contribution is 6.03. The number of carbonyl (C=O) groups excluding carboxylic acids is 3. The molecule has 2 rings (SSSR count). The topological polar surface area (TPSA) is 90.9 Å². The molecule has 25 heavy (non-hydrogen) atoms. The maximum atomic E-state index is 11.9. The molecule has 7 heteroatoms. The third kappa shape index (κ3) is 4.57. The van der Waals surface area contributed by atoms with Crippen molar-refractivity contribution in [3.05, 3.63) is 53.6 Å². The van der Waals surface area contributed by atoms with Gasteiger partial charge in [-0.3, -0.25) is 4.79 Å². The Morgan fingerprint density at radius 1 is 0.800 bits per heavy atom. The predicted octanol–water partition coefficient (Wildman–Crippen LogP) is 3.01. The first kappa shape index (κ1) is 18.0. The molecular weight excluding hydrogens is 326 g/mol. The van der Waals surface area contributed by atoms with Crippen LogP contribution in [0.25, 0.3) is 0 Å². The van der Waals surface area contributed by atoms with Crippen molar-refractivity contribution in [1.82, 2.24) is 0 Å². The van der Waals surface area contributed by atoms with E-state index in [9.17, 15) is 14.4 Å². The lowest BCUT2D eigenvalue weighted by molar-refractivity contribution is -0.114. The summed E-state index contributed by atoms with van der Waals surface area (Å²) in [4.78, 5) is 34.6. The molecule has 1 amide bonds. The molecule has 0 bridgehead atoms. The smallest absolute Gasteiger partial charge is 0.338 e. The number of anilines is 1. The Morgan fingerprint density at radius 3 is 1.92 bits per heavy atom. The van der Waals surface area contributed by atoms with Gasteiger partial charge in [-0.05, 0) is 42.5 Å². The number of benzene rings is 2. The van der Waals surface area contributed by atoms with Crippen LogP contribution in [0.1, 0.15) is 27.6 Å². The molecule has 130 valence electrons. The summed E-state index contributed by atoms with van der Waals surface area (Å²) in [5.74, 6) is -0.649. The van der Waals surface area contributed by atoms with Crippen LogP contribution in [0, 0.1) is 0 Å². The van der Waals surface area contributed by atoms with Crippen molar-refractivity contribution in [1.29, 1.82) is 0 Å². The van der Waals surface area contributed by atoms with Gasteiger partial charge in [-0.2, -0.15) is 0 Å². The van der Waals surface area contributed by atoms with E-state index >= 15 is 0 Å². The van der Waals surface area contributed by atoms with Gasteiger partial charge in [0.1, 0.15) is 11.5 Å². The molecule has 7 nitrogen and oxygen atoms in total. The lowest BCUT2D eigenvalue weighted by Gasteiger charge is -2.11. The van der Waals surface area contributed by atoms with Gasteiger partial charge in [0.05, 0.1) is 25.3 Å². The van der Waals surface area contributed by atoms with Crippen LogP contribution in [0.3, 0.4) is 0 Å². The maximum absolute atomic E-state index is 11.9. The second-order valence-corrected chi connectivity index (χ2v) is 5.00. The minimum atomic E-state index is -0.674. The summed E-state index contributed by atoms with van der Waals surface area (Å²) in [6.45, 7) is 1.42. The monoisotopic (exact) mass is 343 g/mol. The zero-order valence-electron chi connectivity index (χ0n) is 14.0. The summed E-state index contributed by atoms with van der Waals surface area (Å²) in [7, 11) is 2.45. The largest absolute Gasteiger partial charge is 0.465 e. The molecule has 0 saturated heterocycles. The first-order valence-electron chi connectivity index (χ1n) is 7.30. The van der Waals surface area contributed by atoms with Gasteiger partial charge in [-0.25, -0.2) is 9.59 Å². The van der Waals surface area contributed by atoms with Crippen LogP contribution in [-0.4, -0.2) is 32.1 Å². The van der Waals surface area contributed by atoms with Gasteiger partial charge in [0, 0.05) is 12.6 Å². The minimum Gasteiger partial charge on any atom is -0.465 e. The van der Waals surface area contributed by atoms with Crippen LogP contribution in [0.5, 0.6) is 11.5 Å². The Kier molecular flexibility index (Phi) is 5.73. The Bertz CT molecular complexity index is 798. The molecule has 0 fully saturated rings. The number of hydrogen-bond donors (Lipinski definition) is 1. The third-order valence-electron chi connectivity index (χ3n) is 3.21. The van der Waals surface area contributed by atoms with Crippen LogP contribution in [0.2, 0.25) is 0 Å². The van der Waals surface area contributed by atoms with Gasteiger partial charge >= 0.3 is 11.9 Å². The van der Waals surface area contributed by atoms with Gasteiger partial charge in [0.2, 0.25) is 5.91 Å². The van der Waals surface area contributed by atoms with Gasteiger partial charge in [0.25, 0.3) is 0 Å². The fourth-order valence-corrected chi connectivity index (χ4v) is 2.10. The molecule has 0 aliphatic rings. The molecule has 2 aromatic rings. The maximum Gasteiger partial charge on any atom is 0.338 e. The fourth-order valence-electron chi connectivity index (χ4n) is 2.10. The van der Waals surface area contributed by atoms with E-state index in [1.165, 1.54) is 33.3 Å². The fraction of sp³-hybridized carbons (Fsp3) is 0.167. The molecule has 0 aliphatic carbocycles. The number of carbonyl (C=O) groups is 3. The zero-order valence-corrected chi connectivity index (χ0v) is 14.0. The quantitative estimate of drug-likeness (QED) is 0.839. The summed E-state index contributed by atoms with van der Waals surface area (Å²) in [5.41, 5.74) is 0.764. The Hall–Kier alpha value is -3.35. The highest BCUT2D eigenvalue weighted by Crippen LogP contribution is 2.26. The third-order valence-corrected chi connectivity index (χ3v) is 3.21. The van der Waals surface area contributed by atoms with E-state index in [0.717, 1.165) is 0 Å². The van der Waals surface area contributed by atoms with E-state index in [2.05, 4.69) is 14.8 Å². The van der Waals surface area contributed by atoms with Gasteiger partial charge in [-0.1, -0.05) is 0 Å². The van der Waals surface area contributed by atoms with Gasteiger partial charge < -0.3 is 19.5 Å². The van der Waals surface area contributed by atoms with Crippen molar-refractivity contribution >= 4 is 23.5 Å². The van der Waals surface area contributed by atoms with Crippen LogP contribution >= 0.6 is 0 Å². The van der Waals surface area contributed by atoms with Crippen LogP contribution < -0.4 is 10.1 Å².